The molecule has 0 saturated carbocycles. The molecule has 2 heterocycles. The van der Waals surface area contributed by atoms with E-state index in [2.05, 4.69) is 9.97 Å². The molecular weight excluding hydrogens is 278 g/mol. The molecule has 1 saturated heterocycles. The first kappa shape index (κ1) is 13.7. The summed E-state index contributed by atoms with van der Waals surface area (Å²) < 4.78 is 31.9. The second-order valence-corrected chi connectivity index (χ2v) is 4.73. The minimum atomic E-state index is -0.657. The molecule has 0 atom stereocenters. The van der Waals surface area contributed by atoms with Gasteiger partial charge in [0, 0.05) is 30.8 Å². The van der Waals surface area contributed by atoms with E-state index < -0.39 is 11.6 Å². The summed E-state index contributed by atoms with van der Waals surface area (Å²) in [6, 6.07) is 4.93. The van der Waals surface area contributed by atoms with Gasteiger partial charge in [-0.2, -0.15) is 4.98 Å². The summed E-state index contributed by atoms with van der Waals surface area (Å²) in [4.78, 5) is 10.2. The highest BCUT2D eigenvalue weighted by Gasteiger charge is 2.15. The van der Waals surface area contributed by atoms with Crippen molar-refractivity contribution in [3.63, 3.8) is 0 Å². The fraction of sp³-hybridized carbons (Fsp3) is 0.286. The molecule has 0 aliphatic carbocycles. The van der Waals surface area contributed by atoms with Crippen LogP contribution in [0.5, 0.6) is 0 Å². The lowest BCUT2D eigenvalue weighted by molar-refractivity contribution is 0.122. The van der Waals surface area contributed by atoms with Crippen molar-refractivity contribution < 1.29 is 13.5 Å². The number of rotatable bonds is 2. The number of hydrogen-bond acceptors (Lipinski definition) is 5. The van der Waals surface area contributed by atoms with E-state index in [-0.39, 0.29) is 5.95 Å². The van der Waals surface area contributed by atoms with Crippen molar-refractivity contribution >= 4 is 11.8 Å². The van der Waals surface area contributed by atoms with Gasteiger partial charge in [0.05, 0.1) is 18.9 Å². The molecule has 21 heavy (non-hydrogen) atoms. The number of nitrogens with two attached hydrogens (primary N) is 1. The Morgan fingerprint density at radius 3 is 2.33 bits per heavy atom. The van der Waals surface area contributed by atoms with Gasteiger partial charge in [-0.05, 0) is 12.1 Å². The monoisotopic (exact) mass is 292 g/mol. The van der Waals surface area contributed by atoms with Gasteiger partial charge < -0.3 is 15.4 Å². The number of anilines is 2. The number of aromatic nitrogens is 2. The molecule has 0 radical (unpaired) electrons. The summed E-state index contributed by atoms with van der Waals surface area (Å²) in [5.74, 6) is -0.616. The zero-order chi connectivity index (χ0) is 14.8. The first-order valence-corrected chi connectivity index (χ1v) is 6.55. The number of nitrogen functional groups attached to an aromatic ring is 1. The second-order valence-electron chi connectivity index (χ2n) is 4.73. The number of hydrogen-bond donors (Lipinski definition) is 1. The van der Waals surface area contributed by atoms with Crippen molar-refractivity contribution in [2.75, 3.05) is 36.9 Å². The Hall–Kier alpha value is -2.28. The molecule has 2 N–H and O–H groups in total. The fourth-order valence-corrected chi connectivity index (χ4v) is 2.26. The van der Waals surface area contributed by atoms with Crippen LogP contribution < -0.4 is 10.6 Å². The third kappa shape index (κ3) is 3.08. The summed E-state index contributed by atoms with van der Waals surface area (Å²) in [6.45, 7) is 2.59. The summed E-state index contributed by atoms with van der Waals surface area (Å²) in [6.07, 6.45) is 0. The van der Waals surface area contributed by atoms with E-state index in [1.165, 1.54) is 12.1 Å². The van der Waals surface area contributed by atoms with Gasteiger partial charge in [-0.3, -0.25) is 0 Å². The lowest BCUT2D eigenvalue weighted by Crippen LogP contribution is -2.36. The molecule has 1 aromatic carbocycles. The molecule has 1 fully saturated rings. The average molecular weight is 292 g/mol. The maximum absolute atomic E-state index is 13.3. The maximum Gasteiger partial charge on any atom is 0.222 e. The van der Waals surface area contributed by atoms with Gasteiger partial charge in [0.15, 0.2) is 0 Å². The quantitative estimate of drug-likeness (QED) is 0.915. The van der Waals surface area contributed by atoms with Crippen LogP contribution in [0, 0.1) is 11.6 Å². The van der Waals surface area contributed by atoms with E-state index in [0.29, 0.717) is 43.4 Å². The van der Waals surface area contributed by atoms with Crippen LogP contribution in [0.3, 0.4) is 0 Å². The summed E-state index contributed by atoms with van der Waals surface area (Å²) in [5, 5.41) is 0. The molecule has 1 aliphatic heterocycles. The Morgan fingerprint density at radius 2 is 1.67 bits per heavy atom. The van der Waals surface area contributed by atoms with Crippen molar-refractivity contribution in [1.82, 2.24) is 9.97 Å². The summed E-state index contributed by atoms with van der Waals surface area (Å²) >= 11 is 0. The molecule has 0 bridgehead atoms. The Labute approximate surface area is 120 Å². The minimum Gasteiger partial charge on any atom is -0.378 e. The van der Waals surface area contributed by atoms with Crippen molar-refractivity contribution in [3.05, 3.63) is 35.9 Å². The lowest BCUT2D eigenvalue weighted by Gasteiger charge is -2.28. The van der Waals surface area contributed by atoms with Gasteiger partial charge in [0.1, 0.15) is 17.5 Å². The highest BCUT2D eigenvalue weighted by atomic mass is 19.1. The first-order valence-electron chi connectivity index (χ1n) is 6.55. The van der Waals surface area contributed by atoms with Crippen LogP contribution in [-0.4, -0.2) is 36.3 Å². The third-order valence-corrected chi connectivity index (χ3v) is 3.22. The summed E-state index contributed by atoms with van der Waals surface area (Å²) in [7, 11) is 0. The SMILES string of the molecule is Nc1nc(-c2cc(F)cc(F)c2)cc(N2CCOCC2)n1. The molecule has 5 nitrogen and oxygen atoms in total. The maximum atomic E-state index is 13.3. The van der Waals surface area contributed by atoms with Crippen molar-refractivity contribution in [1.29, 1.82) is 0 Å². The molecule has 0 spiro atoms. The van der Waals surface area contributed by atoms with Gasteiger partial charge in [0.2, 0.25) is 5.95 Å². The van der Waals surface area contributed by atoms with Gasteiger partial charge in [0.25, 0.3) is 0 Å². The zero-order valence-corrected chi connectivity index (χ0v) is 11.2. The number of nitrogens with zero attached hydrogens (tertiary/aromatic N) is 3. The predicted molar refractivity (Wildman–Crippen MR) is 74.8 cm³/mol. The number of benzene rings is 1. The molecule has 0 amide bonds. The van der Waals surface area contributed by atoms with Crippen LogP contribution in [-0.2, 0) is 4.74 Å². The molecular formula is C14H14F2N4O. The van der Waals surface area contributed by atoms with Crippen molar-refractivity contribution in [2.24, 2.45) is 0 Å². The third-order valence-electron chi connectivity index (χ3n) is 3.22. The van der Waals surface area contributed by atoms with Crippen LogP contribution in [0.2, 0.25) is 0 Å². The molecule has 1 aliphatic rings. The van der Waals surface area contributed by atoms with Gasteiger partial charge in [-0.15, -0.1) is 0 Å². The Morgan fingerprint density at radius 1 is 1.00 bits per heavy atom. The molecule has 2 aromatic rings. The van der Waals surface area contributed by atoms with Gasteiger partial charge >= 0.3 is 0 Å². The normalized spacial score (nSPS) is 15.2. The van der Waals surface area contributed by atoms with Crippen LogP contribution >= 0.6 is 0 Å². The van der Waals surface area contributed by atoms with E-state index in [4.69, 9.17) is 10.5 Å². The highest BCUT2D eigenvalue weighted by Crippen LogP contribution is 2.24. The molecule has 110 valence electrons. The van der Waals surface area contributed by atoms with Crippen LogP contribution in [0.25, 0.3) is 11.3 Å². The Balaban J connectivity index is 2.00. The number of halogens is 2. The largest absolute Gasteiger partial charge is 0.378 e. The predicted octanol–water partition coefficient (Wildman–Crippen LogP) is 1.84. The van der Waals surface area contributed by atoms with Gasteiger partial charge in [-0.1, -0.05) is 0 Å². The first-order chi connectivity index (χ1) is 10.1. The summed E-state index contributed by atoms with van der Waals surface area (Å²) in [5.41, 5.74) is 6.43. The van der Waals surface area contributed by atoms with Crippen LogP contribution in [0.4, 0.5) is 20.5 Å². The smallest absolute Gasteiger partial charge is 0.222 e. The molecule has 0 unspecified atom stereocenters. The standard InChI is InChI=1S/C14H14F2N4O/c15-10-5-9(6-11(16)7-10)12-8-13(19-14(17)18-12)20-1-3-21-4-2-20/h5-8H,1-4H2,(H2,17,18,19). The Kier molecular flexibility index (Phi) is 3.66. The van der Waals surface area contributed by atoms with Gasteiger partial charge in [-0.25, -0.2) is 13.8 Å². The fourth-order valence-electron chi connectivity index (χ4n) is 2.26. The topological polar surface area (TPSA) is 64.3 Å². The number of morpholine rings is 1. The molecule has 3 rings (SSSR count). The average Bonchev–Trinajstić information content (AvgIpc) is 2.46. The van der Waals surface area contributed by atoms with Crippen LogP contribution in [0.1, 0.15) is 0 Å². The van der Waals surface area contributed by atoms with E-state index in [1.54, 1.807) is 6.07 Å². The van der Waals surface area contributed by atoms with Crippen molar-refractivity contribution in [3.8, 4) is 11.3 Å². The lowest BCUT2D eigenvalue weighted by atomic mass is 10.1. The highest BCUT2D eigenvalue weighted by molar-refractivity contribution is 5.64. The number of ether oxygens (including phenoxy) is 1. The van der Waals surface area contributed by atoms with E-state index >= 15 is 0 Å². The van der Waals surface area contributed by atoms with E-state index in [1.807, 2.05) is 4.90 Å². The van der Waals surface area contributed by atoms with Crippen molar-refractivity contribution in [2.45, 2.75) is 0 Å². The van der Waals surface area contributed by atoms with E-state index in [9.17, 15) is 8.78 Å². The Bertz CT molecular complexity index is 639. The zero-order valence-electron chi connectivity index (χ0n) is 11.2. The molecule has 1 aromatic heterocycles. The molecule has 7 heteroatoms. The minimum absolute atomic E-state index is 0.0682. The van der Waals surface area contributed by atoms with Crippen LogP contribution in [0.15, 0.2) is 24.3 Å². The van der Waals surface area contributed by atoms with E-state index in [0.717, 1.165) is 6.07 Å². The second kappa shape index (κ2) is 5.61.